The molecule has 1 aliphatic rings. The Morgan fingerprint density at radius 2 is 2.20 bits per heavy atom. The lowest BCUT2D eigenvalue weighted by molar-refractivity contribution is 0.0212. The van der Waals surface area contributed by atoms with Gasteiger partial charge in [0, 0.05) is 11.3 Å². The van der Waals surface area contributed by atoms with E-state index in [0.29, 0.717) is 0 Å². The molecule has 1 aromatic rings. The molecule has 0 bridgehead atoms. The lowest BCUT2D eigenvalue weighted by atomic mass is 9.85. The lowest BCUT2D eigenvalue weighted by Gasteiger charge is -2.28. The average molecular weight is 224 g/mol. The summed E-state index contributed by atoms with van der Waals surface area (Å²) in [6, 6.07) is 7.74. The van der Waals surface area contributed by atoms with Crippen molar-refractivity contribution in [2.75, 3.05) is 18.6 Å². The van der Waals surface area contributed by atoms with Crippen molar-refractivity contribution in [2.24, 2.45) is 5.92 Å². The third-order valence-corrected chi connectivity index (χ3v) is 4.46. The molecule has 1 aliphatic heterocycles. The van der Waals surface area contributed by atoms with Crippen molar-refractivity contribution >= 4 is 11.8 Å². The molecule has 1 N–H and O–H groups in total. The minimum absolute atomic E-state index is 0.277. The summed E-state index contributed by atoms with van der Waals surface area (Å²) in [5.74, 6) is 2.83. The highest BCUT2D eigenvalue weighted by atomic mass is 32.2. The predicted octanol–water partition coefficient (Wildman–Crippen LogP) is 2.27. The maximum absolute atomic E-state index is 10.6. The topological polar surface area (TPSA) is 29.5 Å². The van der Waals surface area contributed by atoms with Gasteiger partial charge in [0.2, 0.25) is 0 Å². The Labute approximate surface area is 94.6 Å². The Balaban J connectivity index is 2.43. The van der Waals surface area contributed by atoms with E-state index in [-0.39, 0.29) is 5.92 Å². The van der Waals surface area contributed by atoms with E-state index in [4.69, 9.17) is 4.74 Å². The van der Waals surface area contributed by atoms with Gasteiger partial charge in [0.25, 0.3) is 0 Å². The zero-order valence-electron chi connectivity index (χ0n) is 9.06. The Morgan fingerprint density at radius 3 is 2.80 bits per heavy atom. The van der Waals surface area contributed by atoms with Crippen LogP contribution in [0.4, 0.5) is 0 Å². The number of ether oxygens (including phenoxy) is 1. The van der Waals surface area contributed by atoms with Crippen LogP contribution in [0.2, 0.25) is 0 Å². The second-order valence-electron chi connectivity index (χ2n) is 4.04. The molecule has 1 heterocycles. The van der Waals surface area contributed by atoms with Crippen LogP contribution < -0.4 is 4.74 Å². The van der Waals surface area contributed by atoms with Crippen molar-refractivity contribution in [3.05, 3.63) is 29.8 Å². The van der Waals surface area contributed by atoms with Gasteiger partial charge < -0.3 is 9.84 Å². The average Bonchev–Trinajstić information content (AvgIpc) is 2.60. The van der Waals surface area contributed by atoms with Gasteiger partial charge in [0.1, 0.15) is 11.4 Å². The van der Waals surface area contributed by atoms with Gasteiger partial charge in [0.15, 0.2) is 0 Å². The molecule has 2 rings (SSSR count). The molecule has 3 heteroatoms. The number of benzene rings is 1. The fraction of sp³-hybridized carbons (Fsp3) is 0.500. The lowest BCUT2D eigenvalue weighted by Crippen LogP contribution is -2.32. The summed E-state index contributed by atoms with van der Waals surface area (Å²) >= 11 is 1.80. The highest BCUT2D eigenvalue weighted by Crippen LogP contribution is 2.44. The van der Waals surface area contributed by atoms with E-state index in [9.17, 15) is 5.11 Å². The third kappa shape index (κ3) is 1.74. The molecule has 1 saturated heterocycles. The molecule has 0 aliphatic carbocycles. The summed E-state index contributed by atoms with van der Waals surface area (Å²) in [5, 5.41) is 10.6. The van der Waals surface area contributed by atoms with E-state index in [2.05, 4.69) is 6.92 Å². The van der Waals surface area contributed by atoms with Crippen LogP contribution in [0, 0.1) is 5.92 Å². The number of rotatable bonds is 2. The van der Waals surface area contributed by atoms with Crippen molar-refractivity contribution in [3.8, 4) is 5.75 Å². The van der Waals surface area contributed by atoms with Gasteiger partial charge in [-0.15, -0.1) is 0 Å². The molecular formula is C12H16O2S. The largest absolute Gasteiger partial charge is 0.496 e. The maximum atomic E-state index is 10.6. The highest BCUT2D eigenvalue weighted by molar-refractivity contribution is 7.99. The normalized spacial score (nSPS) is 30.5. The number of aliphatic hydroxyl groups is 1. The molecule has 0 aromatic heterocycles. The van der Waals surface area contributed by atoms with E-state index < -0.39 is 5.60 Å². The SMILES string of the molecule is COc1ccccc1[C@@]1(O)CSC[C@@H]1C. The Bertz CT molecular complexity index is 353. The van der Waals surface area contributed by atoms with Gasteiger partial charge in [-0.25, -0.2) is 0 Å². The summed E-state index contributed by atoms with van der Waals surface area (Å²) in [6.45, 7) is 2.09. The highest BCUT2D eigenvalue weighted by Gasteiger charge is 2.42. The van der Waals surface area contributed by atoms with Crippen molar-refractivity contribution < 1.29 is 9.84 Å². The van der Waals surface area contributed by atoms with Crippen molar-refractivity contribution in [2.45, 2.75) is 12.5 Å². The molecule has 0 amide bonds. The number of methoxy groups -OCH3 is 1. The Kier molecular flexibility index (Phi) is 2.94. The number of para-hydroxylation sites is 1. The van der Waals surface area contributed by atoms with Crippen LogP contribution in [-0.2, 0) is 5.60 Å². The summed E-state index contributed by atoms with van der Waals surface area (Å²) in [5.41, 5.74) is 0.196. The third-order valence-electron chi connectivity index (χ3n) is 3.08. The van der Waals surface area contributed by atoms with Gasteiger partial charge in [0.05, 0.1) is 7.11 Å². The Morgan fingerprint density at radius 1 is 1.47 bits per heavy atom. The van der Waals surface area contributed by atoms with Gasteiger partial charge in [-0.05, 0) is 17.7 Å². The number of hydrogen-bond donors (Lipinski definition) is 1. The quantitative estimate of drug-likeness (QED) is 0.835. The van der Waals surface area contributed by atoms with E-state index in [1.165, 1.54) is 0 Å². The molecule has 1 fully saturated rings. The first kappa shape index (κ1) is 10.8. The van der Waals surface area contributed by atoms with E-state index >= 15 is 0 Å². The maximum Gasteiger partial charge on any atom is 0.124 e. The summed E-state index contributed by atoms with van der Waals surface area (Å²) in [7, 11) is 1.65. The molecular weight excluding hydrogens is 208 g/mol. The van der Waals surface area contributed by atoms with E-state index in [1.807, 2.05) is 24.3 Å². The zero-order chi connectivity index (χ0) is 10.9. The van der Waals surface area contributed by atoms with Gasteiger partial charge in [-0.1, -0.05) is 25.1 Å². The van der Waals surface area contributed by atoms with Crippen LogP contribution in [0.1, 0.15) is 12.5 Å². The smallest absolute Gasteiger partial charge is 0.124 e. The van der Waals surface area contributed by atoms with E-state index in [1.54, 1.807) is 18.9 Å². The van der Waals surface area contributed by atoms with Crippen LogP contribution in [0.15, 0.2) is 24.3 Å². The van der Waals surface area contributed by atoms with Crippen molar-refractivity contribution in [3.63, 3.8) is 0 Å². The summed E-state index contributed by atoms with van der Waals surface area (Å²) < 4.78 is 5.30. The summed E-state index contributed by atoms with van der Waals surface area (Å²) in [4.78, 5) is 0. The van der Waals surface area contributed by atoms with Gasteiger partial charge >= 0.3 is 0 Å². The second-order valence-corrected chi connectivity index (χ2v) is 5.07. The minimum atomic E-state index is -0.725. The fourth-order valence-corrected chi connectivity index (χ4v) is 3.52. The predicted molar refractivity (Wildman–Crippen MR) is 63.4 cm³/mol. The monoisotopic (exact) mass is 224 g/mol. The van der Waals surface area contributed by atoms with Crippen LogP contribution >= 0.6 is 11.8 Å². The zero-order valence-corrected chi connectivity index (χ0v) is 9.88. The first-order valence-corrected chi connectivity index (χ1v) is 6.27. The Hall–Kier alpha value is -0.670. The van der Waals surface area contributed by atoms with Crippen molar-refractivity contribution in [1.29, 1.82) is 0 Å². The molecule has 0 radical (unpaired) electrons. The first-order chi connectivity index (χ1) is 7.18. The molecule has 2 atom stereocenters. The molecule has 0 saturated carbocycles. The molecule has 15 heavy (non-hydrogen) atoms. The molecule has 1 aromatic carbocycles. The van der Waals surface area contributed by atoms with Crippen molar-refractivity contribution in [1.82, 2.24) is 0 Å². The van der Waals surface area contributed by atoms with Crippen LogP contribution in [-0.4, -0.2) is 23.7 Å². The van der Waals surface area contributed by atoms with E-state index in [0.717, 1.165) is 22.8 Å². The second kappa shape index (κ2) is 4.06. The number of thioether (sulfide) groups is 1. The molecule has 82 valence electrons. The molecule has 0 unspecified atom stereocenters. The van der Waals surface area contributed by atoms with Crippen LogP contribution in [0.3, 0.4) is 0 Å². The van der Waals surface area contributed by atoms with Gasteiger partial charge in [-0.3, -0.25) is 0 Å². The minimum Gasteiger partial charge on any atom is -0.496 e. The molecule has 0 spiro atoms. The first-order valence-electron chi connectivity index (χ1n) is 5.12. The number of hydrogen-bond acceptors (Lipinski definition) is 3. The van der Waals surface area contributed by atoms with Crippen LogP contribution in [0.5, 0.6) is 5.75 Å². The fourth-order valence-electron chi connectivity index (χ4n) is 2.02. The van der Waals surface area contributed by atoms with Crippen LogP contribution in [0.25, 0.3) is 0 Å². The van der Waals surface area contributed by atoms with Gasteiger partial charge in [-0.2, -0.15) is 11.8 Å². The standard InChI is InChI=1S/C12H16O2S/c1-9-7-15-8-12(9,13)10-5-3-4-6-11(10)14-2/h3-6,9,13H,7-8H2,1-2H3/t9-,12+/m0/s1. The summed E-state index contributed by atoms with van der Waals surface area (Å²) in [6.07, 6.45) is 0. The molecule has 2 nitrogen and oxygen atoms in total.